The molecule has 4 rings (SSSR count). The van der Waals surface area contributed by atoms with E-state index in [9.17, 15) is 18.0 Å². The highest BCUT2D eigenvalue weighted by atomic mass is 32.2. The highest BCUT2D eigenvalue weighted by Gasteiger charge is 2.29. The van der Waals surface area contributed by atoms with Crippen LogP contribution in [-0.2, 0) is 19.6 Å². The van der Waals surface area contributed by atoms with E-state index in [2.05, 4.69) is 10.5 Å². The minimum Gasteiger partial charge on any atom is -0.497 e. The van der Waals surface area contributed by atoms with Gasteiger partial charge in [0.1, 0.15) is 23.8 Å². The third-order valence-corrected chi connectivity index (χ3v) is 8.42. The lowest BCUT2D eigenvalue weighted by Gasteiger charge is -2.26. The molecule has 11 nitrogen and oxygen atoms in total. The molecule has 1 heterocycles. The van der Waals surface area contributed by atoms with E-state index in [0.29, 0.717) is 17.1 Å². The number of methoxy groups -OCH3 is 2. The second-order valence-corrected chi connectivity index (χ2v) is 11.3. The Bertz CT molecular complexity index is 1490. The first-order valence-electron chi connectivity index (χ1n) is 13.4. The Labute approximate surface area is 245 Å². The number of piperidine rings is 1. The van der Waals surface area contributed by atoms with Crippen molar-refractivity contribution in [2.75, 3.05) is 44.8 Å². The largest absolute Gasteiger partial charge is 0.497 e. The number of nitrogens with one attached hydrogen (secondary N) is 1. The number of likely N-dealkylation sites (tertiary alicyclic amines) is 1. The minimum atomic E-state index is -4.16. The number of para-hydroxylation sites is 2. The molecular weight excluding hydrogens is 560 g/mol. The van der Waals surface area contributed by atoms with E-state index in [1.54, 1.807) is 48.5 Å². The topological polar surface area (TPSA) is 127 Å². The van der Waals surface area contributed by atoms with Crippen LogP contribution in [0, 0.1) is 0 Å². The molecule has 0 spiro atoms. The van der Waals surface area contributed by atoms with Gasteiger partial charge in [0.2, 0.25) is 0 Å². The van der Waals surface area contributed by atoms with E-state index in [-0.39, 0.29) is 28.8 Å². The van der Waals surface area contributed by atoms with Gasteiger partial charge < -0.3 is 19.1 Å². The Morgan fingerprint density at radius 2 is 1.57 bits per heavy atom. The molecule has 0 bridgehead atoms. The normalized spacial score (nSPS) is 13.4. The summed E-state index contributed by atoms with van der Waals surface area (Å²) < 4.78 is 44.3. The Morgan fingerprint density at radius 3 is 2.24 bits per heavy atom. The lowest BCUT2D eigenvalue weighted by molar-refractivity contribution is -0.134. The van der Waals surface area contributed by atoms with Gasteiger partial charge in [0, 0.05) is 13.1 Å². The smallest absolute Gasteiger partial charge is 0.264 e. The van der Waals surface area contributed by atoms with Gasteiger partial charge in [-0.05, 0) is 85.5 Å². The first-order chi connectivity index (χ1) is 20.3. The summed E-state index contributed by atoms with van der Waals surface area (Å²) in [4.78, 5) is 27.0. The predicted molar refractivity (Wildman–Crippen MR) is 159 cm³/mol. The molecule has 0 aromatic heterocycles. The van der Waals surface area contributed by atoms with Crippen LogP contribution in [0.1, 0.15) is 24.8 Å². The molecule has 0 radical (unpaired) electrons. The zero-order valence-electron chi connectivity index (χ0n) is 23.6. The fourth-order valence-corrected chi connectivity index (χ4v) is 5.82. The summed E-state index contributed by atoms with van der Waals surface area (Å²) in [5.74, 6) is 0.628. The molecule has 0 aliphatic carbocycles. The highest BCUT2D eigenvalue weighted by molar-refractivity contribution is 7.92. The summed E-state index contributed by atoms with van der Waals surface area (Å²) in [6.07, 6.45) is 4.61. The molecule has 1 saturated heterocycles. The molecular formula is C30H34N4O7S. The number of benzene rings is 3. The molecule has 0 atom stereocenters. The van der Waals surface area contributed by atoms with Crippen LogP contribution in [0.4, 0.5) is 5.69 Å². The van der Waals surface area contributed by atoms with Crippen LogP contribution in [0.2, 0.25) is 0 Å². The fraction of sp³-hybridized carbons (Fsp3) is 0.300. The van der Waals surface area contributed by atoms with Crippen molar-refractivity contribution in [1.82, 2.24) is 10.3 Å². The monoisotopic (exact) mass is 594 g/mol. The van der Waals surface area contributed by atoms with E-state index in [1.165, 1.54) is 44.7 Å². The third kappa shape index (κ3) is 7.78. The molecule has 42 heavy (non-hydrogen) atoms. The molecule has 2 amide bonds. The number of nitrogens with zero attached hydrogens (tertiary/aromatic N) is 3. The van der Waals surface area contributed by atoms with E-state index >= 15 is 0 Å². The standard InChI is InChI=1S/C30H34N4O7S/c1-39-24-14-16-26(17-15-24)42(37,38)34(27-8-4-5-9-28(27)40-2)21-29(35)32-31-20-23-10-12-25(13-11-23)41-22-30(36)33-18-6-3-7-19-33/h4-5,8-17,20H,3,6-7,18-19,21-22H2,1-2H3,(H,32,35)/b31-20-. The molecule has 1 N–H and O–H groups in total. The van der Waals surface area contributed by atoms with Gasteiger partial charge in [-0.2, -0.15) is 5.10 Å². The van der Waals surface area contributed by atoms with Crippen molar-refractivity contribution < 1.29 is 32.2 Å². The van der Waals surface area contributed by atoms with Crippen molar-refractivity contribution in [2.45, 2.75) is 24.2 Å². The summed E-state index contributed by atoms with van der Waals surface area (Å²) in [7, 11) is -1.26. The number of carbonyl (C=O) groups is 2. The maximum absolute atomic E-state index is 13.6. The summed E-state index contributed by atoms with van der Waals surface area (Å²) in [5, 5.41) is 3.98. The number of amides is 2. The van der Waals surface area contributed by atoms with Crippen molar-refractivity contribution in [3.8, 4) is 17.2 Å². The summed E-state index contributed by atoms with van der Waals surface area (Å²) >= 11 is 0. The van der Waals surface area contributed by atoms with Gasteiger partial charge >= 0.3 is 0 Å². The maximum Gasteiger partial charge on any atom is 0.264 e. The Balaban J connectivity index is 1.40. The number of anilines is 1. The number of carbonyl (C=O) groups excluding carboxylic acids is 2. The average molecular weight is 595 g/mol. The van der Waals surface area contributed by atoms with E-state index in [4.69, 9.17) is 14.2 Å². The summed E-state index contributed by atoms with van der Waals surface area (Å²) in [6, 6.07) is 19.3. The molecule has 222 valence electrons. The van der Waals surface area contributed by atoms with Crippen LogP contribution in [0.15, 0.2) is 82.8 Å². The second-order valence-electron chi connectivity index (χ2n) is 9.45. The van der Waals surface area contributed by atoms with Gasteiger partial charge in [-0.1, -0.05) is 12.1 Å². The molecule has 3 aromatic carbocycles. The summed E-state index contributed by atoms with van der Waals surface area (Å²) in [5.41, 5.74) is 3.25. The van der Waals surface area contributed by atoms with Crippen molar-refractivity contribution >= 4 is 33.7 Å². The first kappa shape index (κ1) is 30.4. The SMILES string of the molecule is COc1ccc(S(=O)(=O)N(CC(=O)N/N=C\c2ccc(OCC(=O)N3CCCCC3)cc2)c2ccccc2OC)cc1. The zero-order valence-corrected chi connectivity index (χ0v) is 24.4. The third-order valence-electron chi connectivity index (χ3n) is 6.64. The molecule has 1 fully saturated rings. The first-order valence-corrected chi connectivity index (χ1v) is 14.9. The number of hydrazone groups is 1. The van der Waals surface area contributed by atoms with Crippen LogP contribution in [0.5, 0.6) is 17.2 Å². The summed E-state index contributed by atoms with van der Waals surface area (Å²) in [6.45, 7) is 0.969. The molecule has 0 unspecified atom stereocenters. The van der Waals surface area contributed by atoms with Gasteiger partial charge in [-0.3, -0.25) is 13.9 Å². The van der Waals surface area contributed by atoms with Crippen molar-refractivity contribution in [3.63, 3.8) is 0 Å². The highest BCUT2D eigenvalue weighted by Crippen LogP contribution is 2.32. The van der Waals surface area contributed by atoms with Crippen molar-refractivity contribution in [2.24, 2.45) is 5.10 Å². The van der Waals surface area contributed by atoms with Gasteiger partial charge in [-0.15, -0.1) is 0 Å². The Morgan fingerprint density at radius 1 is 0.905 bits per heavy atom. The van der Waals surface area contributed by atoms with Crippen LogP contribution >= 0.6 is 0 Å². The number of hydrogen-bond acceptors (Lipinski definition) is 8. The van der Waals surface area contributed by atoms with E-state index in [1.807, 2.05) is 4.90 Å². The Hall–Kier alpha value is -4.58. The lowest BCUT2D eigenvalue weighted by atomic mass is 10.1. The number of rotatable bonds is 12. The zero-order chi connectivity index (χ0) is 30.0. The molecule has 0 saturated carbocycles. The van der Waals surface area contributed by atoms with Crippen LogP contribution in [0.3, 0.4) is 0 Å². The molecule has 3 aromatic rings. The Kier molecular flexibility index (Phi) is 10.4. The lowest BCUT2D eigenvalue weighted by Crippen LogP contribution is -2.39. The van der Waals surface area contributed by atoms with Crippen molar-refractivity contribution in [1.29, 1.82) is 0 Å². The van der Waals surface area contributed by atoms with Crippen LogP contribution < -0.4 is 23.9 Å². The van der Waals surface area contributed by atoms with E-state index < -0.39 is 22.5 Å². The van der Waals surface area contributed by atoms with E-state index in [0.717, 1.165) is 36.7 Å². The number of sulfonamides is 1. The second kappa shape index (κ2) is 14.4. The molecule has 1 aliphatic heterocycles. The van der Waals surface area contributed by atoms with Gasteiger partial charge in [0.05, 0.1) is 31.0 Å². The predicted octanol–water partition coefficient (Wildman–Crippen LogP) is 3.44. The maximum atomic E-state index is 13.6. The average Bonchev–Trinajstić information content (AvgIpc) is 3.03. The quantitative estimate of drug-likeness (QED) is 0.251. The number of ether oxygens (including phenoxy) is 3. The van der Waals surface area contributed by atoms with Crippen molar-refractivity contribution in [3.05, 3.63) is 78.4 Å². The van der Waals surface area contributed by atoms with Gasteiger partial charge in [-0.25, -0.2) is 13.8 Å². The fourth-order valence-electron chi connectivity index (χ4n) is 4.38. The molecule has 1 aliphatic rings. The van der Waals surface area contributed by atoms with Gasteiger partial charge in [0.25, 0.3) is 21.8 Å². The van der Waals surface area contributed by atoms with Crippen LogP contribution in [0.25, 0.3) is 0 Å². The van der Waals surface area contributed by atoms with Gasteiger partial charge in [0.15, 0.2) is 6.61 Å². The minimum absolute atomic E-state index is 0.0222. The van der Waals surface area contributed by atoms with Crippen LogP contribution in [-0.4, -0.2) is 71.8 Å². The molecule has 12 heteroatoms. The number of hydrogen-bond donors (Lipinski definition) is 1.